The maximum Gasteiger partial charge on any atom is 0.335 e. The molecule has 26 heavy (non-hydrogen) atoms. The predicted molar refractivity (Wildman–Crippen MR) is 94.3 cm³/mol. The van der Waals surface area contributed by atoms with Crippen LogP contribution in [0.5, 0.6) is 0 Å². The van der Waals surface area contributed by atoms with Crippen LogP contribution >= 0.6 is 0 Å². The molecule has 0 amide bonds. The van der Waals surface area contributed by atoms with Gasteiger partial charge in [-0.3, -0.25) is 10.1 Å². The highest BCUT2D eigenvalue weighted by Crippen LogP contribution is 2.49. The van der Waals surface area contributed by atoms with Gasteiger partial charge >= 0.3 is 5.97 Å². The number of nitrogens with one attached hydrogen (secondary N) is 1. The van der Waals surface area contributed by atoms with E-state index in [1.807, 2.05) is 0 Å². The van der Waals surface area contributed by atoms with Gasteiger partial charge in [0.1, 0.15) is 0 Å². The molecule has 2 aliphatic heterocycles. The van der Waals surface area contributed by atoms with Gasteiger partial charge in [-0.25, -0.2) is 4.79 Å². The number of anilines is 1. The Kier molecular flexibility index (Phi) is 4.08. The van der Waals surface area contributed by atoms with Crippen molar-refractivity contribution in [1.29, 1.82) is 0 Å². The quantitative estimate of drug-likeness (QED) is 0.640. The minimum absolute atomic E-state index is 0.0377. The standard InChI is InChI=1S/C19H18N2O5/c22-19(23)12-5-8-16-15(10-12)18-14(2-1-9-26-18)17(20-16)11-3-6-13(7-4-11)21(24)25/h3-8,10,14,17-18,20H,1-2,9H2,(H,22,23)/t14-,17+,18-/m1/s1. The van der Waals surface area contributed by atoms with Crippen LogP contribution in [0, 0.1) is 16.0 Å². The van der Waals surface area contributed by atoms with Gasteiger partial charge in [0.2, 0.25) is 0 Å². The van der Waals surface area contributed by atoms with Crippen molar-refractivity contribution in [3.05, 3.63) is 69.3 Å². The first-order valence-corrected chi connectivity index (χ1v) is 8.54. The first kappa shape index (κ1) is 16.5. The molecule has 0 saturated carbocycles. The molecule has 2 aliphatic rings. The van der Waals surface area contributed by atoms with Gasteiger partial charge in [0.15, 0.2) is 0 Å². The van der Waals surface area contributed by atoms with E-state index in [1.165, 1.54) is 12.1 Å². The molecule has 1 fully saturated rings. The molecule has 4 rings (SSSR count). The van der Waals surface area contributed by atoms with E-state index in [-0.39, 0.29) is 29.3 Å². The number of nitrogens with zero attached hydrogens (tertiary/aromatic N) is 1. The van der Waals surface area contributed by atoms with Crippen LogP contribution in [0.25, 0.3) is 0 Å². The largest absolute Gasteiger partial charge is 0.478 e. The van der Waals surface area contributed by atoms with Crippen LogP contribution in [0.1, 0.15) is 46.5 Å². The van der Waals surface area contributed by atoms with Gasteiger partial charge in [-0.05, 0) is 36.6 Å². The second-order valence-electron chi connectivity index (χ2n) is 6.68. The third-order valence-corrected chi connectivity index (χ3v) is 5.18. The molecule has 2 N–H and O–H groups in total. The van der Waals surface area contributed by atoms with E-state index in [4.69, 9.17) is 4.74 Å². The number of hydrogen-bond donors (Lipinski definition) is 2. The number of non-ortho nitro benzene ring substituents is 1. The smallest absolute Gasteiger partial charge is 0.335 e. The number of rotatable bonds is 3. The van der Waals surface area contributed by atoms with Crippen molar-refractivity contribution in [1.82, 2.24) is 0 Å². The first-order chi connectivity index (χ1) is 12.5. The number of carboxylic acid groups (broad SMARTS) is 1. The fraction of sp³-hybridized carbons (Fsp3) is 0.316. The zero-order chi connectivity index (χ0) is 18.3. The summed E-state index contributed by atoms with van der Waals surface area (Å²) in [6, 6.07) is 11.6. The minimum atomic E-state index is -0.961. The molecule has 7 nitrogen and oxygen atoms in total. The van der Waals surface area contributed by atoms with E-state index >= 15 is 0 Å². The van der Waals surface area contributed by atoms with Gasteiger partial charge in [0, 0.05) is 35.9 Å². The lowest BCUT2D eigenvalue weighted by Crippen LogP contribution is -2.36. The zero-order valence-electron chi connectivity index (χ0n) is 13.9. The number of benzene rings is 2. The third kappa shape index (κ3) is 2.80. The van der Waals surface area contributed by atoms with Gasteiger partial charge in [0.05, 0.1) is 22.6 Å². The van der Waals surface area contributed by atoms with Crippen molar-refractivity contribution in [3.8, 4) is 0 Å². The van der Waals surface area contributed by atoms with Gasteiger partial charge < -0.3 is 15.2 Å². The second kappa shape index (κ2) is 6.42. The number of carbonyl (C=O) groups is 1. The lowest BCUT2D eigenvalue weighted by molar-refractivity contribution is -0.384. The van der Waals surface area contributed by atoms with E-state index in [9.17, 15) is 20.0 Å². The summed E-state index contributed by atoms with van der Waals surface area (Å²) >= 11 is 0. The molecule has 0 radical (unpaired) electrons. The highest BCUT2D eigenvalue weighted by Gasteiger charge is 2.40. The Balaban J connectivity index is 1.73. The molecule has 134 valence electrons. The van der Waals surface area contributed by atoms with Gasteiger partial charge in [-0.1, -0.05) is 12.1 Å². The Morgan fingerprint density at radius 1 is 1.23 bits per heavy atom. The van der Waals surface area contributed by atoms with E-state index in [0.29, 0.717) is 6.61 Å². The Labute approximate surface area is 149 Å². The van der Waals surface area contributed by atoms with Crippen LogP contribution in [0.2, 0.25) is 0 Å². The van der Waals surface area contributed by atoms with E-state index in [2.05, 4.69) is 5.32 Å². The minimum Gasteiger partial charge on any atom is -0.478 e. The lowest BCUT2D eigenvalue weighted by Gasteiger charge is -2.43. The maximum absolute atomic E-state index is 11.3. The molecule has 0 spiro atoms. The topological polar surface area (TPSA) is 102 Å². The average Bonchev–Trinajstić information content (AvgIpc) is 2.67. The molecular formula is C19H18N2O5. The van der Waals surface area contributed by atoms with Crippen molar-refractivity contribution in [2.75, 3.05) is 11.9 Å². The fourth-order valence-corrected chi connectivity index (χ4v) is 3.94. The summed E-state index contributed by atoms with van der Waals surface area (Å²) in [4.78, 5) is 21.8. The van der Waals surface area contributed by atoms with Gasteiger partial charge in [0.25, 0.3) is 5.69 Å². The Morgan fingerprint density at radius 3 is 2.69 bits per heavy atom. The highest BCUT2D eigenvalue weighted by atomic mass is 16.6. The number of nitro groups is 1. The van der Waals surface area contributed by atoms with Crippen LogP contribution in [0.4, 0.5) is 11.4 Å². The Bertz CT molecular complexity index is 865. The predicted octanol–water partition coefficient (Wildman–Crippen LogP) is 3.93. The molecule has 7 heteroatoms. The van der Waals surface area contributed by atoms with Crippen molar-refractivity contribution in [2.24, 2.45) is 5.92 Å². The normalized spacial score (nSPS) is 24.1. The van der Waals surface area contributed by atoms with Gasteiger partial charge in [-0.15, -0.1) is 0 Å². The SMILES string of the molecule is O=C(O)c1ccc2c(c1)[C@@H]1OCCC[C@@H]1[C@H](c1ccc([N+](=O)[O-])cc1)N2. The third-order valence-electron chi connectivity index (χ3n) is 5.18. The molecule has 0 aromatic heterocycles. The number of hydrogen-bond acceptors (Lipinski definition) is 5. The zero-order valence-corrected chi connectivity index (χ0v) is 13.9. The van der Waals surface area contributed by atoms with Crippen molar-refractivity contribution >= 4 is 17.3 Å². The van der Waals surface area contributed by atoms with Crippen molar-refractivity contribution in [3.63, 3.8) is 0 Å². The molecule has 2 aromatic carbocycles. The summed E-state index contributed by atoms with van der Waals surface area (Å²) in [6.07, 6.45) is 1.69. The number of nitro benzene ring substituents is 1. The number of aromatic carboxylic acids is 1. The van der Waals surface area contributed by atoms with Crippen LogP contribution in [0.3, 0.4) is 0 Å². The van der Waals surface area contributed by atoms with Crippen LogP contribution in [-0.2, 0) is 4.74 Å². The average molecular weight is 354 g/mol. The van der Waals surface area contributed by atoms with Crippen molar-refractivity contribution in [2.45, 2.75) is 25.0 Å². The van der Waals surface area contributed by atoms with Gasteiger partial charge in [-0.2, -0.15) is 0 Å². The van der Waals surface area contributed by atoms with E-state index < -0.39 is 10.9 Å². The van der Waals surface area contributed by atoms with Crippen molar-refractivity contribution < 1.29 is 19.6 Å². The highest BCUT2D eigenvalue weighted by molar-refractivity contribution is 5.88. The molecule has 0 unspecified atom stereocenters. The summed E-state index contributed by atoms with van der Waals surface area (Å²) in [5, 5.41) is 23.6. The molecule has 2 aromatic rings. The molecule has 1 saturated heterocycles. The maximum atomic E-state index is 11.3. The number of ether oxygens (including phenoxy) is 1. The fourth-order valence-electron chi connectivity index (χ4n) is 3.94. The Hall–Kier alpha value is -2.93. The number of fused-ring (bicyclic) bond motifs is 3. The van der Waals surface area contributed by atoms with E-state index in [0.717, 1.165) is 29.7 Å². The summed E-state index contributed by atoms with van der Waals surface area (Å²) in [5.41, 5.74) is 2.98. The monoisotopic (exact) mass is 354 g/mol. The summed E-state index contributed by atoms with van der Waals surface area (Å²) in [6.45, 7) is 0.644. The number of carboxylic acids is 1. The lowest BCUT2D eigenvalue weighted by atomic mass is 9.77. The summed E-state index contributed by atoms with van der Waals surface area (Å²) in [7, 11) is 0. The van der Waals surface area contributed by atoms with Crippen LogP contribution in [0.15, 0.2) is 42.5 Å². The summed E-state index contributed by atoms with van der Waals surface area (Å²) < 4.78 is 6.02. The first-order valence-electron chi connectivity index (χ1n) is 8.54. The molecule has 0 aliphatic carbocycles. The Morgan fingerprint density at radius 2 is 2.00 bits per heavy atom. The van der Waals surface area contributed by atoms with E-state index in [1.54, 1.807) is 30.3 Å². The van der Waals surface area contributed by atoms with Crippen LogP contribution < -0.4 is 5.32 Å². The summed E-state index contributed by atoms with van der Waals surface area (Å²) in [5.74, 6) is -0.820. The van der Waals surface area contributed by atoms with Crippen LogP contribution in [-0.4, -0.2) is 22.6 Å². The molecule has 0 bridgehead atoms. The molecular weight excluding hydrogens is 336 g/mol. The molecule has 2 heterocycles. The second-order valence-corrected chi connectivity index (χ2v) is 6.68. The molecule has 3 atom stereocenters.